The van der Waals surface area contributed by atoms with Crippen molar-refractivity contribution in [3.63, 3.8) is 0 Å². The molecule has 37 heavy (non-hydrogen) atoms. The first-order chi connectivity index (χ1) is 16.3. The molecule has 0 aromatic heterocycles. The minimum Gasteiger partial charge on any atom is -0.506 e. The van der Waals surface area contributed by atoms with E-state index in [0.29, 0.717) is 29.2 Å². The van der Waals surface area contributed by atoms with E-state index >= 15 is 0 Å². The third kappa shape index (κ3) is 5.99. The van der Waals surface area contributed by atoms with Gasteiger partial charge >= 0.3 is 5.97 Å². The average Bonchev–Trinajstić information content (AvgIpc) is 2.79. The summed E-state index contributed by atoms with van der Waals surface area (Å²) in [6, 6.07) is 3.32. The summed E-state index contributed by atoms with van der Waals surface area (Å²) in [5.74, 6) is -1.20. The Bertz CT molecular complexity index is 1630. The normalized spacial score (nSPS) is 11.1. The molecule has 2 aromatic carbocycles. The van der Waals surface area contributed by atoms with Crippen LogP contribution in [0, 0.1) is 10.7 Å². The number of hydrogen-bond donors (Lipinski definition) is 2. The van der Waals surface area contributed by atoms with Crippen LogP contribution in [-0.2, 0) is 0 Å². The summed E-state index contributed by atoms with van der Waals surface area (Å²) in [7, 11) is 0. The van der Waals surface area contributed by atoms with E-state index in [2.05, 4.69) is 0 Å². The van der Waals surface area contributed by atoms with Crippen molar-refractivity contribution in [1.29, 1.82) is 0 Å². The molecule has 1 aliphatic carbocycles. The van der Waals surface area contributed by atoms with Gasteiger partial charge in [0.2, 0.25) is 5.43 Å². The molecule has 0 amide bonds. The molecule has 2 radical (unpaired) electrons. The van der Waals surface area contributed by atoms with Gasteiger partial charge in [0.15, 0.2) is 11.3 Å². The quantitative estimate of drug-likeness (QED) is 0.0706. The number of hydrogen-bond acceptors (Lipinski definition) is 4. The van der Waals surface area contributed by atoms with E-state index in [1.165, 1.54) is 0 Å². The SMILES string of the molecule is CC(C)c1cc2c(-c3c(Cl)c(Cl)c(Cl)c(Cl)c3C(=O)O)c3cc(I)c(=O)c(I)c-3oc2c(I)c1O.[Na].[Na]. The van der Waals surface area contributed by atoms with Crippen molar-refractivity contribution in [3.05, 3.63) is 64.3 Å². The van der Waals surface area contributed by atoms with Crippen molar-refractivity contribution < 1.29 is 19.4 Å². The van der Waals surface area contributed by atoms with Crippen LogP contribution in [-0.4, -0.2) is 75.3 Å². The Labute approximate surface area is 316 Å². The molecule has 14 heteroatoms. The van der Waals surface area contributed by atoms with Crippen LogP contribution >= 0.6 is 114 Å². The molecule has 2 aliphatic rings. The first kappa shape index (κ1) is 34.9. The molecule has 0 atom stereocenters. The number of rotatable bonds is 3. The van der Waals surface area contributed by atoms with Crippen LogP contribution in [0.1, 0.15) is 35.7 Å². The first-order valence-corrected chi connectivity index (χ1v) is 14.4. The molecule has 2 N–H and O–H groups in total. The standard InChI is InChI=1S/C23H11Cl4I3O5.2Na/c1-5(2)6-3-7-10(11-12(23(33)34)14(25)16(27)15(26)13(11)24)8-4-9(28)20(32)18(30)22(8)35-21(7)17(29)19(6)31;;/h3-5,31H,1-2H3,(H,33,34);;. The third-order valence-electron chi connectivity index (χ3n) is 5.45. The van der Waals surface area contributed by atoms with Crippen LogP contribution in [0.25, 0.3) is 33.4 Å². The smallest absolute Gasteiger partial charge is 0.337 e. The minimum atomic E-state index is -1.37. The van der Waals surface area contributed by atoms with Crippen molar-refractivity contribution in [1.82, 2.24) is 0 Å². The van der Waals surface area contributed by atoms with Crippen LogP contribution in [0.3, 0.4) is 0 Å². The van der Waals surface area contributed by atoms with Gasteiger partial charge in [-0.05, 0) is 91.4 Å². The summed E-state index contributed by atoms with van der Waals surface area (Å²) in [5.41, 5.74) is 1.09. The largest absolute Gasteiger partial charge is 0.506 e. The summed E-state index contributed by atoms with van der Waals surface area (Å²) in [5, 5.41) is 20.8. The number of aromatic hydroxyl groups is 1. The van der Waals surface area contributed by atoms with Gasteiger partial charge in [0, 0.05) is 81.2 Å². The fraction of sp³-hybridized carbons (Fsp3) is 0.130. The minimum absolute atomic E-state index is 0. The molecule has 0 fully saturated rings. The summed E-state index contributed by atoms with van der Waals surface area (Å²) >= 11 is 31.4. The Morgan fingerprint density at radius 3 is 2.03 bits per heavy atom. The molecule has 0 spiro atoms. The second-order valence-corrected chi connectivity index (χ2v) is 12.7. The summed E-state index contributed by atoms with van der Waals surface area (Å²) in [6.45, 7) is 3.83. The molecule has 2 aromatic rings. The van der Waals surface area contributed by atoms with Crippen LogP contribution in [0.15, 0.2) is 21.3 Å². The van der Waals surface area contributed by atoms with Gasteiger partial charge in [0.1, 0.15) is 9.32 Å². The number of halogens is 7. The summed E-state index contributed by atoms with van der Waals surface area (Å²) in [4.78, 5) is 25.2. The zero-order chi connectivity index (χ0) is 26.1. The van der Waals surface area contributed by atoms with Gasteiger partial charge in [0.25, 0.3) is 0 Å². The first-order valence-electron chi connectivity index (χ1n) is 9.68. The predicted octanol–water partition coefficient (Wildman–Crippen LogP) is 8.76. The molecular formula is C23H11Cl4I3Na2O5. The topological polar surface area (TPSA) is 87.7 Å². The summed E-state index contributed by atoms with van der Waals surface area (Å²) in [6.07, 6.45) is 0. The van der Waals surface area contributed by atoms with E-state index in [4.69, 9.17) is 50.8 Å². The molecular weight excluding hydrogens is 925 g/mol. The van der Waals surface area contributed by atoms with Crippen molar-refractivity contribution in [3.8, 4) is 28.2 Å². The second kappa shape index (κ2) is 13.4. The van der Waals surface area contributed by atoms with E-state index in [0.717, 1.165) is 0 Å². The van der Waals surface area contributed by atoms with Gasteiger partial charge in [-0.15, -0.1) is 0 Å². The predicted molar refractivity (Wildman–Crippen MR) is 177 cm³/mol. The third-order valence-corrected chi connectivity index (χ3v) is 10.0. The second-order valence-electron chi connectivity index (χ2n) is 7.83. The average molecular weight is 936 g/mol. The van der Waals surface area contributed by atoms with E-state index in [-0.39, 0.29) is 122 Å². The maximum absolute atomic E-state index is 12.8. The Kier molecular flexibility index (Phi) is 12.6. The van der Waals surface area contributed by atoms with Gasteiger partial charge in [-0.3, -0.25) is 4.79 Å². The molecule has 0 saturated carbocycles. The molecule has 1 aliphatic heterocycles. The number of phenols is 1. The molecule has 5 nitrogen and oxygen atoms in total. The number of phenolic OH excluding ortho intramolecular Hbond substituents is 1. The molecule has 0 unspecified atom stereocenters. The van der Waals surface area contributed by atoms with Crippen LogP contribution in [0.5, 0.6) is 5.75 Å². The number of benzene rings is 3. The van der Waals surface area contributed by atoms with Crippen molar-refractivity contribution in [2.45, 2.75) is 19.8 Å². The number of carbonyl (C=O) groups is 1. The summed E-state index contributed by atoms with van der Waals surface area (Å²) < 4.78 is 7.26. The maximum atomic E-state index is 12.8. The Hall–Kier alpha value is 1.75. The molecule has 0 saturated heterocycles. The van der Waals surface area contributed by atoms with Gasteiger partial charge in [-0.25, -0.2) is 4.79 Å². The number of fused-ring (bicyclic) bond motifs is 2. The Morgan fingerprint density at radius 1 is 0.919 bits per heavy atom. The number of carboxylic acids is 1. The molecule has 4 rings (SSSR count). The number of aromatic carboxylic acids is 1. The molecule has 1 heterocycles. The molecule has 0 bridgehead atoms. The fourth-order valence-electron chi connectivity index (χ4n) is 3.82. The maximum Gasteiger partial charge on any atom is 0.337 e. The van der Waals surface area contributed by atoms with Crippen LogP contribution in [0.4, 0.5) is 0 Å². The fourth-order valence-corrected chi connectivity index (χ4v) is 7.35. The van der Waals surface area contributed by atoms with E-state index in [9.17, 15) is 19.8 Å². The van der Waals surface area contributed by atoms with Gasteiger partial charge in [-0.1, -0.05) is 60.3 Å². The Morgan fingerprint density at radius 2 is 1.49 bits per heavy atom. The monoisotopic (exact) mass is 934 g/mol. The van der Waals surface area contributed by atoms with E-state index in [1.807, 2.05) is 81.6 Å². The van der Waals surface area contributed by atoms with Gasteiger partial charge in [-0.2, -0.15) is 0 Å². The van der Waals surface area contributed by atoms with Gasteiger partial charge in [0.05, 0.1) is 32.8 Å². The molecule has 184 valence electrons. The van der Waals surface area contributed by atoms with Crippen LogP contribution in [0.2, 0.25) is 20.1 Å². The zero-order valence-electron chi connectivity index (χ0n) is 19.5. The van der Waals surface area contributed by atoms with Crippen molar-refractivity contribution in [2.75, 3.05) is 0 Å². The van der Waals surface area contributed by atoms with Crippen molar-refractivity contribution in [2.24, 2.45) is 0 Å². The van der Waals surface area contributed by atoms with E-state index in [1.54, 1.807) is 12.1 Å². The van der Waals surface area contributed by atoms with Crippen LogP contribution < -0.4 is 5.43 Å². The van der Waals surface area contributed by atoms with Gasteiger partial charge < -0.3 is 14.6 Å². The van der Waals surface area contributed by atoms with E-state index < -0.39 is 5.97 Å². The Balaban J connectivity index is 0.00000241. The number of carboxylic acid groups (broad SMARTS) is 1. The zero-order valence-corrected chi connectivity index (χ0v) is 33.0. The van der Waals surface area contributed by atoms with Crippen molar-refractivity contribution >= 4 is 190 Å².